The fraction of sp³-hybridized carbons (Fsp3) is 0.950. The van der Waals surface area contributed by atoms with E-state index in [0.29, 0.717) is 0 Å². The first-order valence-electron chi connectivity index (χ1n) is 12.5. The minimum atomic E-state index is -10.6. The lowest BCUT2D eigenvalue weighted by atomic mass is 9.82. The van der Waals surface area contributed by atoms with Crippen LogP contribution < -0.4 is 0 Å². The molecule has 0 saturated heterocycles. The molecule has 0 heterocycles. The maximum atomic E-state index is 13.9. The zero-order valence-corrected chi connectivity index (χ0v) is 25.6. The maximum absolute atomic E-state index is 13.9. The van der Waals surface area contributed by atoms with E-state index < -0.39 is 119 Å². The second kappa shape index (κ2) is 13.6. The fourth-order valence-corrected chi connectivity index (χ4v) is 3.47. The van der Waals surface area contributed by atoms with Crippen molar-refractivity contribution in [1.82, 2.24) is 0 Å². The standard InChI is InChI=1S/C20HF39O2/c21-2(22,1(60)61)3(23,24)4(25,26)5(27,28)6(29,30)7(31,32)8(33,34)9(35,36)10(37,38)11(39,40)12(41,42)13(43,44)14(45,46)15(47,48)16(49,50)17(51,52)18(53,54)19(55,56)20(57,58)59/h(H,60,61). The molecule has 0 fully saturated rings. The Morgan fingerprint density at radius 2 is 0.295 bits per heavy atom. The fourth-order valence-electron chi connectivity index (χ4n) is 3.47. The van der Waals surface area contributed by atoms with Gasteiger partial charge in [-0.3, -0.25) is 0 Å². The molecule has 0 saturated carbocycles. The van der Waals surface area contributed by atoms with Gasteiger partial charge in [-0.15, -0.1) is 0 Å². The highest BCUT2D eigenvalue weighted by molar-refractivity contribution is 5.77. The Morgan fingerprint density at radius 3 is 0.393 bits per heavy atom. The summed E-state index contributed by atoms with van der Waals surface area (Å²) in [4.78, 5) is 9.97. The molecule has 0 aliphatic rings. The van der Waals surface area contributed by atoms with Gasteiger partial charge in [0.05, 0.1) is 0 Å². The zero-order valence-electron chi connectivity index (χ0n) is 25.6. The van der Waals surface area contributed by atoms with Gasteiger partial charge in [-0.2, -0.15) is 171 Å². The Labute approximate surface area is 301 Å². The van der Waals surface area contributed by atoms with Gasteiger partial charge in [-0.1, -0.05) is 0 Å². The third kappa shape index (κ3) is 6.26. The van der Waals surface area contributed by atoms with Crippen LogP contribution in [0.4, 0.5) is 171 Å². The molecule has 366 valence electrons. The number of carbonyl (C=O) groups is 1. The van der Waals surface area contributed by atoms with Gasteiger partial charge in [-0.05, 0) is 0 Å². The van der Waals surface area contributed by atoms with Crippen molar-refractivity contribution in [3.63, 3.8) is 0 Å². The quantitative estimate of drug-likeness (QED) is 0.139. The highest BCUT2D eigenvalue weighted by atomic mass is 19.4. The molecule has 0 aromatic heterocycles. The molecule has 1 N–H and O–H groups in total. The zero-order chi connectivity index (χ0) is 51.1. The minimum absolute atomic E-state index is 4.93. The van der Waals surface area contributed by atoms with Crippen LogP contribution in [-0.2, 0) is 4.79 Å². The first kappa shape index (κ1) is 57.7. The topological polar surface area (TPSA) is 37.3 Å². The minimum Gasteiger partial charge on any atom is -0.477 e. The van der Waals surface area contributed by atoms with Crippen molar-refractivity contribution < 1.29 is 181 Å². The monoisotopic (exact) mass is 1010 g/mol. The molecule has 0 aliphatic heterocycles. The molecule has 0 aliphatic carbocycles. The Hall–Kier alpha value is -3.26. The summed E-state index contributed by atoms with van der Waals surface area (Å²) in [7, 11) is 0. The van der Waals surface area contributed by atoms with Crippen molar-refractivity contribution in [3.05, 3.63) is 0 Å². The van der Waals surface area contributed by atoms with Crippen LogP contribution in [0.25, 0.3) is 0 Å². The van der Waals surface area contributed by atoms with Gasteiger partial charge in [0.25, 0.3) is 0 Å². The maximum Gasteiger partial charge on any atom is 0.460 e. The van der Waals surface area contributed by atoms with Crippen LogP contribution in [0.5, 0.6) is 0 Å². The molecule has 0 radical (unpaired) electrons. The summed E-state index contributed by atoms with van der Waals surface area (Å²) in [5, 5.41) is 7.67. The lowest BCUT2D eigenvalue weighted by Gasteiger charge is -2.47. The molecule has 0 amide bonds. The Morgan fingerprint density at radius 1 is 0.197 bits per heavy atom. The van der Waals surface area contributed by atoms with E-state index in [1.807, 2.05) is 0 Å². The van der Waals surface area contributed by atoms with Gasteiger partial charge in [0.15, 0.2) is 0 Å². The lowest BCUT2D eigenvalue weighted by Crippen LogP contribution is -2.80. The van der Waals surface area contributed by atoms with Crippen LogP contribution in [0, 0.1) is 0 Å². The second-order valence-corrected chi connectivity index (χ2v) is 11.1. The molecule has 61 heavy (non-hydrogen) atoms. The van der Waals surface area contributed by atoms with Gasteiger partial charge in [0.2, 0.25) is 0 Å². The summed E-state index contributed by atoms with van der Waals surface area (Å²) in [6.45, 7) is 0. The molecule has 0 atom stereocenters. The molecule has 0 aromatic rings. The number of alkyl halides is 39. The predicted molar refractivity (Wildman–Crippen MR) is 103 cm³/mol. The summed E-state index contributed by atoms with van der Waals surface area (Å²) in [5.41, 5.74) is 0. The summed E-state index contributed by atoms with van der Waals surface area (Å²) in [6, 6.07) is 0. The SMILES string of the molecule is O=C(O)C(F)(F)C(F)(F)C(F)(F)C(F)(F)C(F)(F)C(F)(F)C(F)(F)C(F)(F)C(F)(F)C(F)(F)C(F)(F)C(F)(F)C(F)(F)C(F)(F)C(F)(F)C(F)(F)C(F)(F)C(F)(F)C(F)(F)F. The molecular formula is C20HF39O2. The first-order chi connectivity index (χ1) is 25.4. The summed E-state index contributed by atoms with van der Waals surface area (Å²) >= 11 is 0. The van der Waals surface area contributed by atoms with Gasteiger partial charge < -0.3 is 5.11 Å². The Bertz CT molecular complexity index is 1640. The van der Waals surface area contributed by atoms with Gasteiger partial charge in [-0.25, -0.2) is 4.79 Å². The molecule has 0 unspecified atom stereocenters. The van der Waals surface area contributed by atoms with E-state index >= 15 is 0 Å². The van der Waals surface area contributed by atoms with E-state index in [2.05, 4.69) is 0 Å². The number of carboxylic acids is 1. The molecular weight excluding hydrogens is 1010 g/mol. The van der Waals surface area contributed by atoms with E-state index in [1.165, 1.54) is 0 Å². The number of carboxylic acid groups (broad SMARTS) is 1. The highest BCUT2D eigenvalue weighted by Gasteiger charge is 3.03. The smallest absolute Gasteiger partial charge is 0.460 e. The molecule has 2 nitrogen and oxygen atoms in total. The molecule has 0 rings (SSSR count). The number of rotatable bonds is 18. The summed E-state index contributed by atoms with van der Waals surface area (Å²) in [6.07, 6.45) is -8.51. The number of halogens is 39. The molecule has 41 heteroatoms. The summed E-state index contributed by atoms with van der Waals surface area (Å²) in [5.74, 6) is -184. The number of hydrogen-bond donors (Lipinski definition) is 1. The van der Waals surface area contributed by atoms with Crippen molar-refractivity contribution >= 4 is 5.97 Å². The van der Waals surface area contributed by atoms with Crippen LogP contribution >= 0.6 is 0 Å². The van der Waals surface area contributed by atoms with Crippen molar-refractivity contribution in [2.24, 2.45) is 0 Å². The van der Waals surface area contributed by atoms with Gasteiger partial charge in [0, 0.05) is 0 Å². The first-order valence-corrected chi connectivity index (χ1v) is 12.5. The molecule has 0 spiro atoms. The normalized spacial score (nSPS) is 17.2. The average Bonchev–Trinajstić information content (AvgIpc) is 3.02. The van der Waals surface area contributed by atoms with Gasteiger partial charge in [0.1, 0.15) is 0 Å². The summed E-state index contributed by atoms with van der Waals surface area (Å²) < 4.78 is 526. The van der Waals surface area contributed by atoms with Crippen LogP contribution in [0.2, 0.25) is 0 Å². The average molecular weight is 1010 g/mol. The third-order valence-electron chi connectivity index (χ3n) is 7.33. The van der Waals surface area contributed by atoms with Crippen molar-refractivity contribution in [1.29, 1.82) is 0 Å². The van der Waals surface area contributed by atoms with E-state index in [4.69, 9.17) is 5.11 Å². The van der Waals surface area contributed by atoms with Crippen molar-refractivity contribution in [2.45, 2.75) is 113 Å². The van der Waals surface area contributed by atoms with Crippen LogP contribution in [-0.4, -0.2) is 124 Å². The van der Waals surface area contributed by atoms with E-state index in [0.717, 1.165) is 0 Å². The van der Waals surface area contributed by atoms with E-state index in [1.54, 1.807) is 0 Å². The van der Waals surface area contributed by atoms with Crippen molar-refractivity contribution in [2.75, 3.05) is 0 Å². The van der Waals surface area contributed by atoms with Crippen LogP contribution in [0.1, 0.15) is 0 Å². The molecule has 0 bridgehead atoms. The number of hydrogen-bond acceptors (Lipinski definition) is 1. The number of aliphatic carboxylic acids is 1. The van der Waals surface area contributed by atoms with Gasteiger partial charge >= 0.3 is 119 Å². The largest absolute Gasteiger partial charge is 0.477 e. The molecule has 0 aromatic carbocycles. The second-order valence-electron chi connectivity index (χ2n) is 11.1. The van der Waals surface area contributed by atoms with E-state index in [9.17, 15) is 176 Å². The Kier molecular flexibility index (Phi) is 12.9. The lowest BCUT2D eigenvalue weighted by molar-refractivity contribution is -0.494. The third-order valence-corrected chi connectivity index (χ3v) is 7.33. The van der Waals surface area contributed by atoms with E-state index in [-0.39, 0.29) is 0 Å². The predicted octanol–water partition coefficient (Wildman–Crippen LogP) is 12.1. The Balaban J connectivity index is 7.96. The van der Waals surface area contributed by atoms with Crippen molar-refractivity contribution in [3.8, 4) is 0 Å². The highest BCUT2D eigenvalue weighted by Crippen LogP contribution is 2.71. The van der Waals surface area contributed by atoms with Crippen LogP contribution in [0.3, 0.4) is 0 Å². The van der Waals surface area contributed by atoms with Crippen LogP contribution in [0.15, 0.2) is 0 Å².